The Hall–Kier alpha value is -2.40. The summed E-state index contributed by atoms with van der Waals surface area (Å²) >= 11 is 0. The molecule has 1 saturated heterocycles. The summed E-state index contributed by atoms with van der Waals surface area (Å²) in [4.78, 5) is 6.62. The Morgan fingerprint density at radius 1 is 1.31 bits per heavy atom. The minimum atomic E-state index is -0.0160. The Bertz CT molecular complexity index is 939. The Morgan fingerprint density at radius 3 is 2.86 bits per heavy atom. The van der Waals surface area contributed by atoms with Crippen molar-refractivity contribution in [1.82, 2.24) is 25.2 Å². The van der Waals surface area contributed by atoms with Gasteiger partial charge in [0.15, 0.2) is 11.7 Å². The fourth-order valence-corrected chi connectivity index (χ4v) is 3.29. The molecule has 0 saturated carbocycles. The third-order valence-corrected chi connectivity index (χ3v) is 4.72. The molecule has 1 aliphatic rings. The molecule has 1 N–H and O–H groups in total. The van der Waals surface area contributed by atoms with Crippen LogP contribution in [0.5, 0.6) is 0 Å². The predicted molar refractivity (Wildman–Crippen MR) is 121 cm³/mol. The van der Waals surface area contributed by atoms with Crippen LogP contribution in [-0.4, -0.2) is 52.5 Å². The largest absolute Gasteiger partial charge is 0.370 e. The Labute approximate surface area is 186 Å². The Balaban J connectivity index is 0.00000240. The zero-order chi connectivity index (χ0) is 19.3. The van der Waals surface area contributed by atoms with E-state index in [1.165, 1.54) is 0 Å². The Kier molecular flexibility index (Phi) is 7.26. The van der Waals surface area contributed by atoms with E-state index >= 15 is 0 Å². The summed E-state index contributed by atoms with van der Waals surface area (Å²) in [7, 11) is 3.70. The number of hydrogen-bond donors (Lipinski definition) is 1. The number of aliphatic imine (C=N–C) groups is 1. The van der Waals surface area contributed by atoms with Gasteiger partial charge in [-0.25, -0.2) is 0 Å². The molecule has 2 aromatic heterocycles. The van der Waals surface area contributed by atoms with Crippen LogP contribution in [0.3, 0.4) is 0 Å². The molecule has 0 amide bonds. The van der Waals surface area contributed by atoms with Crippen LogP contribution in [0.4, 0.5) is 0 Å². The van der Waals surface area contributed by atoms with Crippen molar-refractivity contribution in [2.75, 3.05) is 26.7 Å². The standard InChI is InChI=1S/C20H24N6O2.HI/c1-21-20(26-8-9-27-19(14-26)16-11-23-25(2)13-16)22-12-17-10-18(28-24-17)15-6-4-3-5-7-15;/h3-7,10-11,13,19H,8-9,12,14H2,1-2H3,(H,21,22);1H. The van der Waals surface area contributed by atoms with Gasteiger partial charge in [0.1, 0.15) is 11.8 Å². The van der Waals surface area contributed by atoms with Crippen molar-refractivity contribution in [1.29, 1.82) is 0 Å². The van der Waals surface area contributed by atoms with Crippen molar-refractivity contribution in [2.45, 2.75) is 12.6 Å². The average Bonchev–Trinajstić information content (AvgIpc) is 3.39. The molecule has 1 aromatic carbocycles. The number of rotatable bonds is 4. The number of ether oxygens (including phenoxy) is 1. The molecule has 1 atom stereocenters. The number of hydrogen-bond acceptors (Lipinski definition) is 5. The highest BCUT2D eigenvalue weighted by atomic mass is 127. The van der Waals surface area contributed by atoms with Crippen LogP contribution in [-0.2, 0) is 18.3 Å². The monoisotopic (exact) mass is 508 g/mol. The summed E-state index contributed by atoms with van der Waals surface area (Å²) in [5.74, 6) is 1.58. The molecular formula is C20H25IN6O2. The lowest BCUT2D eigenvalue weighted by Crippen LogP contribution is -2.47. The first-order chi connectivity index (χ1) is 13.7. The van der Waals surface area contributed by atoms with Gasteiger partial charge in [-0.15, -0.1) is 24.0 Å². The van der Waals surface area contributed by atoms with Gasteiger partial charge in [0.05, 0.1) is 25.9 Å². The van der Waals surface area contributed by atoms with Gasteiger partial charge in [0, 0.05) is 44.0 Å². The minimum Gasteiger partial charge on any atom is -0.370 e. The Morgan fingerprint density at radius 2 is 2.14 bits per heavy atom. The second-order valence-electron chi connectivity index (χ2n) is 6.70. The summed E-state index contributed by atoms with van der Waals surface area (Å²) in [6.07, 6.45) is 3.83. The van der Waals surface area contributed by atoms with Crippen LogP contribution in [0.15, 0.2) is 58.3 Å². The van der Waals surface area contributed by atoms with E-state index in [-0.39, 0.29) is 30.1 Å². The lowest BCUT2D eigenvalue weighted by Gasteiger charge is -2.34. The molecule has 0 bridgehead atoms. The highest BCUT2D eigenvalue weighted by molar-refractivity contribution is 14.0. The van der Waals surface area contributed by atoms with E-state index in [9.17, 15) is 0 Å². The fraction of sp³-hybridized carbons (Fsp3) is 0.350. The molecule has 1 fully saturated rings. The summed E-state index contributed by atoms with van der Waals surface area (Å²) in [5, 5.41) is 11.8. The zero-order valence-electron chi connectivity index (χ0n) is 16.5. The number of benzene rings is 1. The maximum atomic E-state index is 5.91. The smallest absolute Gasteiger partial charge is 0.194 e. The van der Waals surface area contributed by atoms with Crippen molar-refractivity contribution < 1.29 is 9.26 Å². The number of nitrogens with zero attached hydrogens (tertiary/aromatic N) is 5. The first kappa shape index (κ1) is 21.3. The van der Waals surface area contributed by atoms with Crippen LogP contribution in [0, 0.1) is 0 Å². The molecule has 0 spiro atoms. The lowest BCUT2D eigenvalue weighted by atomic mass is 10.1. The van der Waals surface area contributed by atoms with Crippen LogP contribution in [0.25, 0.3) is 11.3 Å². The average molecular weight is 508 g/mol. The first-order valence-electron chi connectivity index (χ1n) is 9.29. The molecule has 4 rings (SSSR count). The maximum absolute atomic E-state index is 5.91. The molecule has 9 heteroatoms. The van der Waals surface area contributed by atoms with Gasteiger partial charge < -0.3 is 19.5 Å². The highest BCUT2D eigenvalue weighted by Crippen LogP contribution is 2.22. The third kappa shape index (κ3) is 5.15. The van der Waals surface area contributed by atoms with Gasteiger partial charge in [-0.1, -0.05) is 35.5 Å². The van der Waals surface area contributed by atoms with E-state index in [2.05, 4.69) is 25.5 Å². The topological polar surface area (TPSA) is 80.7 Å². The van der Waals surface area contributed by atoms with Crippen LogP contribution in [0.1, 0.15) is 17.4 Å². The van der Waals surface area contributed by atoms with Crippen molar-refractivity contribution in [2.24, 2.45) is 12.0 Å². The van der Waals surface area contributed by atoms with Crippen molar-refractivity contribution in [3.63, 3.8) is 0 Å². The van der Waals surface area contributed by atoms with Gasteiger partial charge in [-0.3, -0.25) is 9.67 Å². The lowest BCUT2D eigenvalue weighted by molar-refractivity contribution is -0.00806. The minimum absolute atomic E-state index is 0. The number of guanidine groups is 1. The molecule has 1 aliphatic heterocycles. The maximum Gasteiger partial charge on any atom is 0.194 e. The second kappa shape index (κ2) is 9.88. The van der Waals surface area contributed by atoms with Gasteiger partial charge in [-0.2, -0.15) is 5.10 Å². The number of aryl methyl sites for hydroxylation is 1. The number of aromatic nitrogens is 3. The zero-order valence-corrected chi connectivity index (χ0v) is 18.8. The summed E-state index contributed by atoms with van der Waals surface area (Å²) in [6, 6.07) is 11.9. The molecule has 8 nitrogen and oxygen atoms in total. The van der Waals surface area contributed by atoms with Crippen LogP contribution in [0.2, 0.25) is 0 Å². The number of morpholine rings is 1. The van der Waals surface area contributed by atoms with Gasteiger partial charge >= 0.3 is 0 Å². The summed E-state index contributed by atoms with van der Waals surface area (Å²) < 4.78 is 13.2. The van der Waals surface area contributed by atoms with E-state index in [1.807, 2.05) is 55.8 Å². The normalized spacial score (nSPS) is 17.1. The molecule has 3 heterocycles. The molecule has 29 heavy (non-hydrogen) atoms. The molecule has 154 valence electrons. The SMILES string of the molecule is CN=C(NCc1cc(-c2ccccc2)on1)N1CCOC(c2cnn(C)c2)C1.I. The van der Waals surface area contributed by atoms with Crippen LogP contribution >= 0.6 is 24.0 Å². The second-order valence-corrected chi connectivity index (χ2v) is 6.70. The summed E-state index contributed by atoms with van der Waals surface area (Å²) in [6.45, 7) is 2.68. The van der Waals surface area contributed by atoms with E-state index in [4.69, 9.17) is 9.26 Å². The van der Waals surface area contributed by atoms with Gasteiger partial charge in [0.25, 0.3) is 0 Å². The molecular weight excluding hydrogens is 483 g/mol. The molecule has 1 unspecified atom stereocenters. The van der Waals surface area contributed by atoms with E-state index in [1.54, 1.807) is 11.7 Å². The molecule has 0 radical (unpaired) electrons. The number of nitrogens with one attached hydrogen (secondary N) is 1. The van der Waals surface area contributed by atoms with Gasteiger partial charge in [-0.05, 0) is 0 Å². The van der Waals surface area contributed by atoms with E-state index in [0.717, 1.165) is 41.6 Å². The molecule has 3 aromatic rings. The van der Waals surface area contributed by atoms with E-state index in [0.29, 0.717) is 13.2 Å². The molecule has 0 aliphatic carbocycles. The third-order valence-electron chi connectivity index (χ3n) is 4.72. The quantitative estimate of drug-likeness (QED) is 0.332. The highest BCUT2D eigenvalue weighted by Gasteiger charge is 2.25. The van der Waals surface area contributed by atoms with Gasteiger partial charge in [0.2, 0.25) is 0 Å². The van der Waals surface area contributed by atoms with Crippen molar-refractivity contribution in [3.8, 4) is 11.3 Å². The summed E-state index contributed by atoms with van der Waals surface area (Å²) in [5.41, 5.74) is 2.92. The van der Waals surface area contributed by atoms with E-state index < -0.39 is 0 Å². The van der Waals surface area contributed by atoms with Crippen molar-refractivity contribution in [3.05, 3.63) is 60.0 Å². The number of halogens is 1. The first-order valence-corrected chi connectivity index (χ1v) is 9.29. The van der Waals surface area contributed by atoms with Crippen molar-refractivity contribution >= 4 is 29.9 Å². The fourth-order valence-electron chi connectivity index (χ4n) is 3.29. The predicted octanol–water partition coefficient (Wildman–Crippen LogP) is 2.84. The van der Waals surface area contributed by atoms with Crippen LogP contribution < -0.4 is 5.32 Å².